The van der Waals surface area contributed by atoms with E-state index in [9.17, 15) is 0 Å². The van der Waals surface area contributed by atoms with Crippen LogP contribution in [0.5, 0.6) is 5.75 Å². The third-order valence-corrected chi connectivity index (χ3v) is 5.12. The lowest BCUT2D eigenvalue weighted by atomic mass is 9.96. The number of hydrogen-bond acceptors (Lipinski definition) is 4. The average molecular weight is 526 g/mol. The van der Waals surface area contributed by atoms with Gasteiger partial charge in [0.2, 0.25) is 0 Å². The molecular weight excluding hydrogens is 491 g/mol. The number of nitrogens with one attached hydrogen (secondary N) is 2. The Labute approximate surface area is 197 Å². The number of aliphatic imine (C=N–C) groups is 1. The molecule has 2 aromatic rings. The number of halogens is 1. The number of guanidine groups is 1. The number of benzene rings is 1. The van der Waals surface area contributed by atoms with Crippen molar-refractivity contribution < 1.29 is 4.74 Å². The van der Waals surface area contributed by atoms with Gasteiger partial charge in [0.1, 0.15) is 17.9 Å². The third kappa shape index (κ3) is 7.45. The summed E-state index contributed by atoms with van der Waals surface area (Å²) in [6.07, 6.45) is 4.65. The Morgan fingerprint density at radius 1 is 1.27 bits per heavy atom. The Hall–Kier alpha value is -1.84. The predicted octanol–water partition coefficient (Wildman–Crippen LogP) is 3.85. The minimum absolute atomic E-state index is 0. The van der Waals surface area contributed by atoms with Crippen LogP contribution >= 0.6 is 24.0 Å². The van der Waals surface area contributed by atoms with Crippen molar-refractivity contribution in [3.63, 3.8) is 0 Å². The van der Waals surface area contributed by atoms with Crippen LogP contribution in [0.25, 0.3) is 0 Å². The molecule has 166 valence electrons. The van der Waals surface area contributed by atoms with Crippen molar-refractivity contribution in [2.24, 2.45) is 10.9 Å². The number of nitrogens with zero attached hydrogens (tertiary/aromatic N) is 4. The second-order valence-corrected chi connectivity index (χ2v) is 7.97. The van der Waals surface area contributed by atoms with Gasteiger partial charge in [0.15, 0.2) is 5.96 Å². The average Bonchev–Trinajstić information content (AvgIpc) is 3.27. The Kier molecular flexibility index (Phi) is 10.4. The molecule has 7 nitrogen and oxygen atoms in total. The lowest BCUT2D eigenvalue weighted by Gasteiger charge is -2.33. The molecule has 1 aliphatic rings. The second kappa shape index (κ2) is 12.8. The van der Waals surface area contributed by atoms with Gasteiger partial charge in [0.25, 0.3) is 0 Å². The molecule has 1 saturated heterocycles. The molecule has 8 heteroatoms. The van der Waals surface area contributed by atoms with E-state index >= 15 is 0 Å². The van der Waals surface area contributed by atoms with Gasteiger partial charge in [-0.2, -0.15) is 5.10 Å². The molecule has 1 aliphatic heterocycles. The van der Waals surface area contributed by atoms with Crippen molar-refractivity contribution >= 4 is 29.9 Å². The van der Waals surface area contributed by atoms with Crippen molar-refractivity contribution in [3.05, 3.63) is 42.0 Å². The van der Waals surface area contributed by atoms with Gasteiger partial charge in [-0.1, -0.05) is 26.0 Å². The van der Waals surface area contributed by atoms with Crippen LogP contribution in [-0.4, -0.2) is 58.8 Å². The summed E-state index contributed by atoms with van der Waals surface area (Å²) in [5, 5.41) is 10.4. The molecule has 1 fully saturated rings. The van der Waals surface area contributed by atoms with E-state index in [4.69, 9.17) is 9.73 Å². The van der Waals surface area contributed by atoms with Gasteiger partial charge in [-0.05, 0) is 49.8 Å². The zero-order valence-electron chi connectivity index (χ0n) is 18.3. The lowest BCUT2D eigenvalue weighted by Crippen LogP contribution is -2.45. The highest BCUT2D eigenvalue weighted by molar-refractivity contribution is 14.0. The van der Waals surface area contributed by atoms with E-state index in [2.05, 4.69) is 70.4 Å². The van der Waals surface area contributed by atoms with E-state index in [1.54, 1.807) is 6.33 Å². The zero-order chi connectivity index (χ0) is 20.5. The number of aromatic amines is 1. The first kappa shape index (κ1) is 24.4. The first-order chi connectivity index (χ1) is 14.2. The maximum absolute atomic E-state index is 5.76. The summed E-state index contributed by atoms with van der Waals surface area (Å²) >= 11 is 0. The quantitative estimate of drug-likeness (QED) is 0.311. The molecule has 3 rings (SSSR count). The van der Waals surface area contributed by atoms with Crippen LogP contribution in [0.15, 0.2) is 35.6 Å². The highest BCUT2D eigenvalue weighted by Gasteiger charge is 2.24. The van der Waals surface area contributed by atoms with E-state index < -0.39 is 0 Å². The first-order valence-corrected chi connectivity index (χ1v) is 10.8. The molecule has 0 spiro atoms. The van der Waals surface area contributed by atoms with Crippen molar-refractivity contribution in [3.8, 4) is 5.75 Å². The Bertz CT molecular complexity index is 739. The standard InChI is InChI=1S/C22H34N6O.HI/c1-4-23-22(28-13-10-19(11-14-28)21-25-16-26-27-21)24-12-9-18-5-7-20(8-6-18)29-15-17(2)3;/h5-8,16-17,19H,4,9-15H2,1-3H3,(H,23,24)(H,25,26,27);1H. The third-order valence-electron chi connectivity index (χ3n) is 5.12. The van der Waals surface area contributed by atoms with E-state index in [-0.39, 0.29) is 24.0 Å². The summed E-state index contributed by atoms with van der Waals surface area (Å²) in [5.41, 5.74) is 1.28. The van der Waals surface area contributed by atoms with Crippen LogP contribution in [0.3, 0.4) is 0 Å². The molecule has 0 amide bonds. The molecule has 30 heavy (non-hydrogen) atoms. The smallest absolute Gasteiger partial charge is 0.193 e. The molecule has 0 saturated carbocycles. The lowest BCUT2D eigenvalue weighted by molar-refractivity contribution is 0.271. The fourth-order valence-corrected chi connectivity index (χ4v) is 3.51. The largest absolute Gasteiger partial charge is 0.493 e. The molecule has 2 heterocycles. The summed E-state index contributed by atoms with van der Waals surface area (Å²) in [5.74, 6) is 3.96. The molecule has 0 radical (unpaired) electrons. The van der Waals surface area contributed by atoms with E-state index in [1.165, 1.54) is 5.56 Å². The number of hydrogen-bond donors (Lipinski definition) is 2. The van der Waals surface area contributed by atoms with Gasteiger partial charge in [0, 0.05) is 32.1 Å². The molecule has 0 unspecified atom stereocenters. The van der Waals surface area contributed by atoms with Crippen LogP contribution in [0, 0.1) is 5.92 Å². The number of H-pyrrole nitrogens is 1. The van der Waals surface area contributed by atoms with Crippen LogP contribution < -0.4 is 10.1 Å². The summed E-state index contributed by atoms with van der Waals surface area (Å²) in [6, 6.07) is 8.39. The predicted molar refractivity (Wildman–Crippen MR) is 132 cm³/mol. The number of piperidine rings is 1. The zero-order valence-corrected chi connectivity index (χ0v) is 20.6. The van der Waals surface area contributed by atoms with Crippen LogP contribution in [-0.2, 0) is 6.42 Å². The van der Waals surface area contributed by atoms with Gasteiger partial charge in [0.05, 0.1) is 6.61 Å². The maximum atomic E-state index is 5.76. The van der Waals surface area contributed by atoms with Gasteiger partial charge < -0.3 is 15.0 Å². The molecule has 1 aromatic heterocycles. The van der Waals surface area contributed by atoms with Gasteiger partial charge >= 0.3 is 0 Å². The van der Waals surface area contributed by atoms with Crippen molar-refractivity contribution in [2.45, 2.75) is 46.0 Å². The summed E-state index contributed by atoms with van der Waals surface area (Å²) < 4.78 is 5.76. The monoisotopic (exact) mass is 526 g/mol. The van der Waals surface area contributed by atoms with Crippen LogP contribution in [0.1, 0.15) is 50.9 Å². The highest BCUT2D eigenvalue weighted by atomic mass is 127. The number of likely N-dealkylation sites (tertiary alicyclic amines) is 1. The fourth-order valence-electron chi connectivity index (χ4n) is 3.51. The van der Waals surface area contributed by atoms with Crippen LogP contribution in [0.4, 0.5) is 0 Å². The molecule has 0 aliphatic carbocycles. The van der Waals surface area contributed by atoms with E-state index in [0.717, 1.165) is 69.6 Å². The van der Waals surface area contributed by atoms with Crippen molar-refractivity contribution in [1.82, 2.24) is 25.4 Å². The molecular formula is C22H35IN6O. The molecule has 2 N–H and O–H groups in total. The molecule has 0 bridgehead atoms. The summed E-state index contributed by atoms with van der Waals surface area (Å²) in [4.78, 5) is 11.5. The first-order valence-electron chi connectivity index (χ1n) is 10.8. The minimum atomic E-state index is 0. The highest BCUT2D eigenvalue weighted by Crippen LogP contribution is 2.25. The van der Waals surface area contributed by atoms with Gasteiger partial charge in [-0.3, -0.25) is 10.1 Å². The number of rotatable bonds is 8. The fraction of sp³-hybridized carbons (Fsp3) is 0.591. The van der Waals surface area contributed by atoms with Crippen molar-refractivity contribution in [1.29, 1.82) is 0 Å². The Balaban J connectivity index is 0.00000320. The van der Waals surface area contributed by atoms with Gasteiger partial charge in [-0.15, -0.1) is 24.0 Å². The molecule has 1 aromatic carbocycles. The van der Waals surface area contributed by atoms with Gasteiger partial charge in [-0.25, -0.2) is 4.98 Å². The SMILES string of the molecule is CCNC(=NCCc1ccc(OCC(C)C)cc1)N1CCC(c2ncn[nH]2)CC1.I. The summed E-state index contributed by atoms with van der Waals surface area (Å²) in [6.45, 7) is 10.8. The minimum Gasteiger partial charge on any atom is -0.493 e. The van der Waals surface area contributed by atoms with E-state index in [1.807, 2.05) is 0 Å². The topological polar surface area (TPSA) is 78.4 Å². The maximum Gasteiger partial charge on any atom is 0.193 e. The van der Waals surface area contributed by atoms with Crippen LogP contribution in [0.2, 0.25) is 0 Å². The number of aromatic nitrogens is 3. The number of ether oxygens (including phenoxy) is 1. The Morgan fingerprint density at radius 2 is 2.00 bits per heavy atom. The van der Waals surface area contributed by atoms with E-state index in [0.29, 0.717) is 11.8 Å². The molecule has 0 atom stereocenters. The summed E-state index contributed by atoms with van der Waals surface area (Å²) in [7, 11) is 0. The van der Waals surface area contributed by atoms with Crippen molar-refractivity contribution in [2.75, 3.05) is 32.8 Å². The second-order valence-electron chi connectivity index (χ2n) is 7.97. The normalized spacial score (nSPS) is 15.2. The Morgan fingerprint density at radius 3 is 2.60 bits per heavy atom.